The van der Waals surface area contributed by atoms with Crippen LogP contribution in [0.4, 0.5) is 0 Å². The van der Waals surface area contributed by atoms with Gasteiger partial charge in [0.25, 0.3) is 5.91 Å². The Morgan fingerprint density at radius 2 is 2.10 bits per heavy atom. The van der Waals surface area contributed by atoms with Gasteiger partial charge in [0, 0.05) is 16.9 Å². The first kappa shape index (κ1) is 14.4. The van der Waals surface area contributed by atoms with Crippen LogP contribution in [0.2, 0.25) is 0 Å². The van der Waals surface area contributed by atoms with E-state index in [4.69, 9.17) is 4.74 Å². The molecule has 2 aliphatic rings. The fourth-order valence-corrected chi connectivity index (χ4v) is 5.09. The third-order valence-corrected chi connectivity index (χ3v) is 6.13. The number of carbonyl (C=O) groups is 2. The molecule has 0 aliphatic carbocycles. The highest BCUT2D eigenvalue weighted by molar-refractivity contribution is 8.00. The van der Waals surface area contributed by atoms with Gasteiger partial charge in [0.2, 0.25) is 0 Å². The molecule has 1 saturated heterocycles. The number of hydrogen-bond donors (Lipinski definition) is 0. The van der Waals surface area contributed by atoms with E-state index in [1.54, 1.807) is 23.6 Å². The second kappa shape index (κ2) is 4.77. The van der Waals surface area contributed by atoms with E-state index in [1.165, 1.54) is 0 Å². The molecule has 0 bridgehead atoms. The molecule has 112 valence electrons. The van der Waals surface area contributed by atoms with E-state index in [2.05, 4.69) is 0 Å². The summed E-state index contributed by atoms with van der Waals surface area (Å²) in [6.45, 7) is 6.09. The fraction of sp³-hybridized carbons (Fsp3) is 0.500. The number of rotatable bonds is 3. The summed E-state index contributed by atoms with van der Waals surface area (Å²) < 4.78 is 5.27. The average Bonchev–Trinajstić information content (AvgIpc) is 2.92. The maximum absolute atomic E-state index is 12.9. The number of hydrogen-bond acceptors (Lipinski definition) is 4. The number of benzene rings is 1. The highest BCUT2D eigenvalue weighted by atomic mass is 32.2. The molecule has 0 spiro atoms. The molecule has 1 fully saturated rings. The van der Waals surface area contributed by atoms with Crippen LogP contribution in [0.5, 0.6) is 0 Å². The second-order valence-corrected chi connectivity index (χ2v) is 6.94. The van der Waals surface area contributed by atoms with Crippen molar-refractivity contribution in [3.05, 3.63) is 35.4 Å². The fourth-order valence-electron chi connectivity index (χ4n) is 3.40. The Balaban J connectivity index is 2.12. The van der Waals surface area contributed by atoms with Gasteiger partial charge in [-0.2, -0.15) is 0 Å². The van der Waals surface area contributed by atoms with Crippen LogP contribution in [0.25, 0.3) is 0 Å². The van der Waals surface area contributed by atoms with Crippen molar-refractivity contribution in [2.45, 2.75) is 37.6 Å². The van der Waals surface area contributed by atoms with Crippen molar-refractivity contribution in [3.8, 4) is 0 Å². The van der Waals surface area contributed by atoms with E-state index in [-0.39, 0.29) is 11.9 Å². The lowest BCUT2D eigenvalue weighted by atomic mass is 9.95. The Labute approximate surface area is 128 Å². The van der Waals surface area contributed by atoms with Gasteiger partial charge in [-0.1, -0.05) is 25.1 Å². The first-order valence-electron chi connectivity index (χ1n) is 7.26. The first-order chi connectivity index (χ1) is 10.0. The molecule has 2 atom stereocenters. The lowest BCUT2D eigenvalue weighted by molar-refractivity contribution is -0.155. The number of ether oxygens (including phenoxy) is 1. The summed E-state index contributed by atoms with van der Waals surface area (Å²) in [6.07, 6.45) is 0.564. The SMILES string of the molecule is CCOC(=O)[C@]1(CC)CS[C@]2(C)c3ccccc3C(=O)N12. The molecule has 1 aromatic rings. The number of nitrogens with zero attached hydrogens (tertiary/aromatic N) is 1. The molecule has 5 heteroatoms. The van der Waals surface area contributed by atoms with Crippen LogP contribution >= 0.6 is 11.8 Å². The molecule has 0 saturated carbocycles. The highest BCUT2D eigenvalue weighted by Gasteiger charge is 2.64. The molecule has 0 radical (unpaired) electrons. The van der Waals surface area contributed by atoms with Crippen LogP contribution < -0.4 is 0 Å². The Morgan fingerprint density at radius 1 is 1.38 bits per heavy atom. The normalized spacial score (nSPS) is 30.2. The van der Waals surface area contributed by atoms with Gasteiger partial charge in [0.15, 0.2) is 5.54 Å². The zero-order chi connectivity index (χ0) is 15.3. The number of amides is 1. The van der Waals surface area contributed by atoms with E-state index in [0.29, 0.717) is 24.3 Å². The Morgan fingerprint density at radius 3 is 2.76 bits per heavy atom. The molecule has 2 heterocycles. The van der Waals surface area contributed by atoms with Gasteiger partial charge in [-0.25, -0.2) is 4.79 Å². The predicted octanol–water partition coefficient (Wildman–Crippen LogP) is 2.77. The molecular formula is C16H19NO3S. The first-order valence-corrected chi connectivity index (χ1v) is 8.25. The van der Waals surface area contributed by atoms with Crippen LogP contribution in [0.15, 0.2) is 24.3 Å². The highest BCUT2D eigenvalue weighted by Crippen LogP contribution is 2.57. The number of esters is 1. The molecular weight excluding hydrogens is 286 g/mol. The van der Waals surface area contributed by atoms with E-state index in [0.717, 1.165) is 5.56 Å². The summed E-state index contributed by atoms with van der Waals surface area (Å²) in [4.78, 5) is 26.7. The van der Waals surface area contributed by atoms with E-state index >= 15 is 0 Å². The molecule has 1 amide bonds. The van der Waals surface area contributed by atoms with Crippen LogP contribution in [0, 0.1) is 0 Å². The van der Waals surface area contributed by atoms with Crippen LogP contribution in [0.3, 0.4) is 0 Å². The van der Waals surface area contributed by atoms with Crippen LogP contribution in [0.1, 0.15) is 43.1 Å². The average molecular weight is 305 g/mol. The number of thioether (sulfide) groups is 1. The van der Waals surface area contributed by atoms with Gasteiger partial charge < -0.3 is 9.64 Å². The lowest BCUT2D eigenvalue weighted by Crippen LogP contribution is -2.57. The van der Waals surface area contributed by atoms with E-state index < -0.39 is 10.4 Å². The number of fused-ring (bicyclic) bond motifs is 3. The van der Waals surface area contributed by atoms with Gasteiger partial charge in [-0.05, 0) is 26.3 Å². The molecule has 4 nitrogen and oxygen atoms in total. The minimum Gasteiger partial charge on any atom is -0.464 e. The lowest BCUT2D eigenvalue weighted by Gasteiger charge is -2.38. The van der Waals surface area contributed by atoms with Gasteiger partial charge in [-0.3, -0.25) is 4.79 Å². The summed E-state index contributed by atoms with van der Waals surface area (Å²) in [7, 11) is 0. The summed E-state index contributed by atoms with van der Waals surface area (Å²) in [5, 5.41) is 0. The molecule has 0 N–H and O–H groups in total. The smallest absolute Gasteiger partial charge is 0.332 e. The quantitative estimate of drug-likeness (QED) is 0.806. The molecule has 1 aromatic carbocycles. The summed E-state index contributed by atoms with van der Waals surface area (Å²) in [5.74, 6) is 0.233. The van der Waals surface area contributed by atoms with Crippen molar-refractivity contribution in [1.82, 2.24) is 4.90 Å². The second-order valence-electron chi connectivity index (χ2n) is 5.56. The summed E-state index contributed by atoms with van der Waals surface area (Å²) in [5.41, 5.74) is 0.847. The minimum atomic E-state index is -0.856. The van der Waals surface area contributed by atoms with Crippen molar-refractivity contribution in [1.29, 1.82) is 0 Å². The molecule has 3 rings (SSSR count). The Hall–Kier alpha value is -1.49. The van der Waals surface area contributed by atoms with Crippen molar-refractivity contribution < 1.29 is 14.3 Å². The van der Waals surface area contributed by atoms with Crippen LogP contribution in [-0.4, -0.2) is 34.7 Å². The zero-order valence-electron chi connectivity index (χ0n) is 12.5. The van der Waals surface area contributed by atoms with E-state index in [1.807, 2.05) is 38.1 Å². The monoisotopic (exact) mass is 305 g/mol. The van der Waals surface area contributed by atoms with Gasteiger partial charge >= 0.3 is 5.97 Å². The molecule has 21 heavy (non-hydrogen) atoms. The maximum Gasteiger partial charge on any atom is 0.332 e. The molecule has 0 unspecified atom stereocenters. The maximum atomic E-state index is 12.9. The summed E-state index contributed by atoms with van der Waals surface area (Å²) in [6, 6.07) is 7.63. The molecule has 0 aromatic heterocycles. The van der Waals surface area contributed by atoms with Gasteiger partial charge in [-0.15, -0.1) is 11.8 Å². The summed E-state index contributed by atoms with van der Waals surface area (Å²) >= 11 is 1.65. The van der Waals surface area contributed by atoms with Gasteiger partial charge in [0.05, 0.1) is 6.61 Å². The Kier molecular flexibility index (Phi) is 3.28. The van der Waals surface area contributed by atoms with Crippen molar-refractivity contribution in [2.24, 2.45) is 0 Å². The van der Waals surface area contributed by atoms with Crippen molar-refractivity contribution in [3.63, 3.8) is 0 Å². The van der Waals surface area contributed by atoms with Gasteiger partial charge in [0.1, 0.15) is 4.87 Å². The largest absolute Gasteiger partial charge is 0.464 e. The zero-order valence-corrected chi connectivity index (χ0v) is 13.3. The van der Waals surface area contributed by atoms with Crippen LogP contribution in [-0.2, 0) is 14.4 Å². The third-order valence-electron chi connectivity index (χ3n) is 4.55. The van der Waals surface area contributed by atoms with Crippen molar-refractivity contribution >= 4 is 23.6 Å². The molecule has 2 aliphatic heterocycles. The number of carbonyl (C=O) groups excluding carboxylic acids is 2. The third kappa shape index (κ3) is 1.70. The van der Waals surface area contributed by atoms with Crippen molar-refractivity contribution in [2.75, 3.05) is 12.4 Å². The standard InChI is InChI=1S/C16H19NO3S/c1-4-16(14(19)20-5-2)10-21-15(3)12-9-7-6-8-11(12)13(18)17(15)16/h6-9H,4-5,10H2,1-3H3/t15-,16+/m1/s1. The predicted molar refractivity (Wildman–Crippen MR) is 82.1 cm³/mol. The minimum absolute atomic E-state index is 0.0620. The Bertz CT molecular complexity index is 617. The van der Waals surface area contributed by atoms with E-state index in [9.17, 15) is 9.59 Å². The topological polar surface area (TPSA) is 46.6 Å².